The van der Waals surface area contributed by atoms with Crippen molar-refractivity contribution in [1.82, 2.24) is 9.88 Å². The summed E-state index contributed by atoms with van der Waals surface area (Å²) in [5, 5.41) is 2.80. The fourth-order valence-corrected chi connectivity index (χ4v) is 6.03. The number of nitrogens with zero attached hydrogens (tertiary/aromatic N) is 4. The number of amides is 4. The maximum Gasteiger partial charge on any atom is 0.501 e. The Balaban J connectivity index is 1.41. The second kappa shape index (κ2) is 9.30. The molecule has 3 heterocycles. The van der Waals surface area contributed by atoms with Crippen molar-refractivity contribution in [2.24, 2.45) is 11.8 Å². The van der Waals surface area contributed by atoms with Gasteiger partial charge in [-0.25, -0.2) is 23.1 Å². The Kier molecular flexibility index (Phi) is 6.45. The Hall–Kier alpha value is -3.52. The van der Waals surface area contributed by atoms with E-state index in [1.807, 2.05) is 7.05 Å². The molecule has 2 aliphatic heterocycles. The Morgan fingerprint density at radius 3 is 2.26 bits per heavy atom. The Bertz CT molecular complexity index is 1440. The molecule has 1 aromatic carbocycles. The highest BCUT2D eigenvalue weighted by Crippen LogP contribution is 2.55. The standard InChI is InChI=1S/C25H26F3N5O5S/c1-15-14-24(15)22(35)32(17-3-5-19(6-4-17)39(37,38)25(26,27)28)23(36)33(24)18-7-10-29-20(13-18)30-21(34)16-8-11-31(2)12-9-16/h3-7,10,13,15-16H,8-9,11-12,14H2,1-2H3,(H,29,30,34). The number of urea groups is 1. The van der Waals surface area contributed by atoms with Crippen LogP contribution in [0.25, 0.3) is 0 Å². The maximum atomic E-state index is 13.6. The molecule has 3 fully saturated rings. The molecule has 39 heavy (non-hydrogen) atoms. The molecule has 2 atom stereocenters. The zero-order valence-electron chi connectivity index (χ0n) is 21.1. The number of hydrogen-bond donors (Lipinski definition) is 1. The van der Waals surface area contributed by atoms with Crippen LogP contribution in [0.1, 0.15) is 26.2 Å². The summed E-state index contributed by atoms with van der Waals surface area (Å²) in [6.07, 6.45) is 3.19. The second-order valence-electron chi connectivity index (χ2n) is 10.2. The summed E-state index contributed by atoms with van der Waals surface area (Å²) < 4.78 is 62.2. The fourth-order valence-electron chi connectivity index (χ4n) is 5.27. The lowest BCUT2D eigenvalue weighted by Crippen LogP contribution is -2.39. The summed E-state index contributed by atoms with van der Waals surface area (Å²) in [7, 11) is -3.59. The van der Waals surface area contributed by atoms with E-state index in [1.165, 1.54) is 23.2 Å². The molecule has 1 aliphatic carbocycles. The molecule has 5 rings (SSSR count). The number of rotatable bonds is 5. The van der Waals surface area contributed by atoms with Crippen LogP contribution in [-0.4, -0.2) is 67.3 Å². The molecule has 2 saturated heterocycles. The lowest BCUT2D eigenvalue weighted by molar-refractivity contribution is -0.121. The topological polar surface area (TPSA) is 120 Å². The molecule has 208 valence electrons. The summed E-state index contributed by atoms with van der Waals surface area (Å²) >= 11 is 0. The van der Waals surface area contributed by atoms with E-state index in [9.17, 15) is 36.0 Å². The van der Waals surface area contributed by atoms with Crippen LogP contribution < -0.4 is 15.1 Å². The first-order chi connectivity index (χ1) is 18.3. The molecule has 1 aromatic heterocycles. The van der Waals surface area contributed by atoms with E-state index in [1.54, 1.807) is 6.92 Å². The third-order valence-electron chi connectivity index (χ3n) is 7.68. The first-order valence-electron chi connectivity index (χ1n) is 12.3. The van der Waals surface area contributed by atoms with Gasteiger partial charge in [0.05, 0.1) is 16.3 Å². The number of benzene rings is 1. The number of nitrogens with one attached hydrogen (secondary N) is 1. The quantitative estimate of drug-likeness (QED) is 0.552. The Morgan fingerprint density at radius 1 is 1.08 bits per heavy atom. The van der Waals surface area contributed by atoms with Crippen LogP contribution in [0.4, 0.5) is 35.2 Å². The number of likely N-dealkylation sites (tertiary alicyclic amines) is 1. The van der Waals surface area contributed by atoms with Gasteiger partial charge in [-0.15, -0.1) is 0 Å². The molecule has 14 heteroatoms. The van der Waals surface area contributed by atoms with Gasteiger partial charge in [-0.1, -0.05) is 6.92 Å². The molecule has 0 radical (unpaired) electrons. The number of anilines is 3. The average molecular weight is 566 g/mol. The number of sulfone groups is 1. The van der Waals surface area contributed by atoms with E-state index in [0.717, 1.165) is 30.1 Å². The lowest BCUT2D eigenvalue weighted by Gasteiger charge is -2.28. The van der Waals surface area contributed by atoms with Gasteiger partial charge in [0.15, 0.2) is 0 Å². The van der Waals surface area contributed by atoms with Crippen molar-refractivity contribution in [3.63, 3.8) is 0 Å². The number of pyridine rings is 1. The summed E-state index contributed by atoms with van der Waals surface area (Å²) in [6, 6.07) is 5.73. The number of hydrogen-bond acceptors (Lipinski definition) is 7. The summed E-state index contributed by atoms with van der Waals surface area (Å²) in [5.41, 5.74) is -6.42. The van der Waals surface area contributed by atoms with Crippen LogP contribution in [0.15, 0.2) is 47.5 Å². The van der Waals surface area contributed by atoms with Crippen molar-refractivity contribution in [1.29, 1.82) is 0 Å². The van der Waals surface area contributed by atoms with Gasteiger partial charge >= 0.3 is 11.5 Å². The highest BCUT2D eigenvalue weighted by atomic mass is 32.2. The van der Waals surface area contributed by atoms with Crippen molar-refractivity contribution >= 4 is 44.9 Å². The van der Waals surface area contributed by atoms with Gasteiger partial charge in [0.25, 0.3) is 15.7 Å². The van der Waals surface area contributed by atoms with Gasteiger partial charge < -0.3 is 10.2 Å². The minimum absolute atomic E-state index is 0.0584. The third-order valence-corrected chi connectivity index (χ3v) is 9.18. The van der Waals surface area contributed by atoms with E-state index >= 15 is 0 Å². The average Bonchev–Trinajstić information content (AvgIpc) is 3.49. The number of imide groups is 1. The zero-order chi connectivity index (χ0) is 28.3. The third kappa shape index (κ3) is 4.44. The highest BCUT2D eigenvalue weighted by Gasteiger charge is 2.70. The number of aromatic nitrogens is 1. The number of halogens is 3. The molecular weight excluding hydrogens is 539 g/mol. The molecule has 1 spiro atoms. The first kappa shape index (κ1) is 27.1. The van der Waals surface area contributed by atoms with E-state index in [-0.39, 0.29) is 29.2 Å². The largest absolute Gasteiger partial charge is 0.501 e. The van der Waals surface area contributed by atoms with Crippen molar-refractivity contribution in [3.8, 4) is 0 Å². The minimum Gasteiger partial charge on any atom is -0.310 e. The van der Waals surface area contributed by atoms with Crippen LogP contribution in [0, 0.1) is 11.8 Å². The fraction of sp³-hybridized carbons (Fsp3) is 0.440. The van der Waals surface area contributed by atoms with Crippen molar-refractivity contribution < 1.29 is 36.0 Å². The smallest absolute Gasteiger partial charge is 0.310 e. The van der Waals surface area contributed by atoms with E-state index in [0.29, 0.717) is 37.1 Å². The summed E-state index contributed by atoms with van der Waals surface area (Å²) in [4.78, 5) is 47.4. The van der Waals surface area contributed by atoms with Gasteiger partial charge in [0.2, 0.25) is 5.91 Å². The molecule has 2 aromatic rings. The van der Waals surface area contributed by atoms with Gasteiger partial charge in [0, 0.05) is 18.2 Å². The molecule has 2 unspecified atom stereocenters. The monoisotopic (exact) mass is 565 g/mol. The van der Waals surface area contributed by atoms with Crippen molar-refractivity contribution in [2.45, 2.75) is 42.1 Å². The minimum atomic E-state index is -5.59. The van der Waals surface area contributed by atoms with Gasteiger partial charge in [-0.3, -0.25) is 14.5 Å². The van der Waals surface area contributed by atoms with E-state index in [2.05, 4.69) is 15.2 Å². The van der Waals surface area contributed by atoms with Crippen LogP contribution in [0.3, 0.4) is 0 Å². The summed E-state index contributed by atoms with van der Waals surface area (Å²) in [6.45, 7) is 3.40. The molecule has 1 saturated carbocycles. The predicted molar refractivity (Wildman–Crippen MR) is 135 cm³/mol. The Morgan fingerprint density at radius 2 is 1.69 bits per heavy atom. The van der Waals surface area contributed by atoms with Crippen LogP contribution in [0.5, 0.6) is 0 Å². The van der Waals surface area contributed by atoms with Crippen LogP contribution in [0.2, 0.25) is 0 Å². The first-order valence-corrected chi connectivity index (χ1v) is 13.8. The van der Waals surface area contributed by atoms with Gasteiger partial charge in [-0.2, -0.15) is 13.2 Å². The SMILES string of the molecule is CC1CC12C(=O)N(c1ccc(S(=O)(=O)C(F)(F)F)cc1)C(=O)N2c1ccnc(NC(=O)C2CCN(C)CC2)c1. The van der Waals surface area contributed by atoms with E-state index < -0.39 is 37.7 Å². The molecule has 10 nitrogen and oxygen atoms in total. The Labute approximate surface area is 222 Å². The van der Waals surface area contributed by atoms with Crippen LogP contribution in [-0.2, 0) is 19.4 Å². The molecule has 0 bridgehead atoms. The van der Waals surface area contributed by atoms with Crippen LogP contribution >= 0.6 is 0 Å². The number of carbonyl (C=O) groups excluding carboxylic acids is 3. The van der Waals surface area contributed by atoms with Gasteiger partial charge in [-0.05, 0) is 75.6 Å². The van der Waals surface area contributed by atoms with Crippen molar-refractivity contribution in [3.05, 3.63) is 42.6 Å². The molecular formula is C25H26F3N5O5S. The normalized spacial score (nSPS) is 24.5. The predicted octanol–water partition coefficient (Wildman–Crippen LogP) is 3.41. The maximum absolute atomic E-state index is 13.6. The lowest BCUT2D eigenvalue weighted by atomic mass is 9.96. The van der Waals surface area contributed by atoms with Crippen molar-refractivity contribution in [2.75, 3.05) is 35.3 Å². The number of piperidine rings is 1. The zero-order valence-corrected chi connectivity index (χ0v) is 21.9. The van der Waals surface area contributed by atoms with E-state index in [4.69, 9.17) is 0 Å². The molecule has 1 N–H and O–H groups in total. The number of alkyl halides is 3. The summed E-state index contributed by atoms with van der Waals surface area (Å²) in [5.74, 6) is -0.910. The number of carbonyl (C=O) groups is 3. The molecule has 3 aliphatic rings. The molecule has 4 amide bonds. The second-order valence-corrected chi connectivity index (χ2v) is 12.1. The van der Waals surface area contributed by atoms with Gasteiger partial charge in [0.1, 0.15) is 11.4 Å². The highest BCUT2D eigenvalue weighted by molar-refractivity contribution is 7.92.